The maximum Gasteiger partial charge on any atom is 0.265 e. The van der Waals surface area contributed by atoms with Crippen molar-refractivity contribution in [1.82, 2.24) is 15.5 Å². The van der Waals surface area contributed by atoms with Crippen molar-refractivity contribution in [3.05, 3.63) is 53.5 Å². The molecule has 2 aliphatic heterocycles. The van der Waals surface area contributed by atoms with Crippen LogP contribution in [-0.2, 0) is 33.3 Å². The SMILES string of the molecule is C=CNCC(C)/N=C(\C=C/CC)OCCOCCOCCOCCOCCOc1c(F)c(F)c2c(c1F)C(=O)N(C1CCC(=O)NC1=O)C2=O. The number of piperidine rings is 1. The molecule has 0 spiro atoms. The van der Waals surface area contributed by atoms with E-state index in [1.165, 1.54) is 0 Å². The quantitative estimate of drug-likeness (QED) is 0.0564. The van der Waals surface area contributed by atoms with Crippen LogP contribution in [0.25, 0.3) is 0 Å². The van der Waals surface area contributed by atoms with E-state index < -0.39 is 70.6 Å². The van der Waals surface area contributed by atoms with Gasteiger partial charge in [0.2, 0.25) is 23.5 Å². The number of fused-ring (bicyclic) bond motifs is 1. The van der Waals surface area contributed by atoms with Crippen LogP contribution in [0.2, 0.25) is 0 Å². The van der Waals surface area contributed by atoms with Gasteiger partial charge in [-0.05, 0) is 32.0 Å². The summed E-state index contributed by atoms with van der Waals surface area (Å²) in [6, 6.07) is -1.47. The highest BCUT2D eigenvalue weighted by Gasteiger charge is 2.49. The molecular formula is C33H43F3N4O10. The fourth-order valence-corrected chi connectivity index (χ4v) is 4.75. The van der Waals surface area contributed by atoms with Crippen LogP contribution in [-0.4, -0.2) is 119 Å². The van der Waals surface area contributed by atoms with E-state index in [4.69, 9.17) is 28.4 Å². The van der Waals surface area contributed by atoms with Crippen LogP contribution >= 0.6 is 0 Å². The lowest BCUT2D eigenvalue weighted by atomic mass is 10.0. The van der Waals surface area contributed by atoms with Gasteiger partial charge in [0.15, 0.2) is 17.4 Å². The van der Waals surface area contributed by atoms with Gasteiger partial charge in [-0.25, -0.2) is 13.8 Å². The zero-order valence-electron chi connectivity index (χ0n) is 28.1. The number of nitrogens with one attached hydrogen (secondary N) is 2. The molecule has 0 aliphatic carbocycles. The van der Waals surface area contributed by atoms with Crippen molar-refractivity contribution in [3.63, 3.8) is 0 Å². The van der Waals surface area contributed by atoms with Crippen molar-refractivity contribution < 1.29 is 60.8 Å². The third-order valence-corrected chi connectivity index (χ3v) is 7.14. The van der Waals surface area contributed by atoms with Crippen molar-refractivity contribution in [2.24, 2.45) is 4.99 Å². The zero-order valence-corrected chi connectivity index (χ0v) is 28.1. The summed E-state index contributed by atoms with van der Waals surface area (Å²) in [5.74, 6) is -10.2. The molecule has 50 heavy (non-hydrogen) atoms. The highest BCUT2D eigenvalue weighted by atomic mass is 19.2. The number of aliphatic imine (C=N–C) groups is 1. The number of ether oxygens (including phenoxy) is 6. The topological polar surface area (TPSA) is 163 Å². The van der Waals surface area contributed by atoms with Gasteiger partial charge >= 0.3 is 0 Å². The first-order valence-corrected chi connectivity index (χ1v) is 16.2. The molecule has 2 unspecified atom stereocenters. The Kier molecular flexibility index (Phi) is 16.9. The Bertz CT molecular complexity index is 1420. The number of carbonyl (C=O) groups excluding carboxylic acids is 4. The van der Waals surface area contributed by atoms with Gasteiger partial charge in [-0.15, -0.1) is 0 Å². The van der Waals surface area contributed by atoms with Crippen LogP contribution in [0.15, 0.2) is 29.9 Å². The fraction of sp³-hybridized carbons (Fsp3) is 0.545. The maximum atomic E-state index is 15.2. The monoisotopic (exact) mass is 712 g/mol. The zero-order chi connectivity index (χ0) is 36.5. The van der Waals surface area contributed by atoms with Crippen molar-refractivity contribution in [2.45, 2.75) is 45.2 Å². The number of nitrogens with zero attached hydrogens (tertiary/aromatic N) is 2. The van der Waals surface area contributed by atoms with Crippen molar-refractivity contribution in [1.29, 1.82) is 0 Å². The third kappa shape index (κ3) is 11.4. The molecular weight excluding hydrogens is 669 g/mol. The number of halogens is 3. The summed E-state index contributed by atoms with van der Waals surface area (Å²) in [4.78, 5) is 54.0. The number of allylic oxidation sites excluding steroid dienone is 1. The molecule has 2 N–H and O–H groups in total. The molecule has 0 radical (unpaired) electrons. The summed E-state index contributed by atoms with van der Waals surface area (Å²) in [7, 11) is 0. The Balaban J connectivity index is 1.27. The number of rotatable bonds is 23. The van der Waals surface area contributed by atoms with E-state index in [1.807, 2.05) is 31.3 Å². The van der Waals surface area contributed by atoms with Crippen LogP contribution < -0.4 is 15.4 Å². The molecule has 1 aromatic carbocycles. The number of amides is 4. The molecule has 2 aliphatic rings. The number of benzene rings is 1. The van der Waals surface area contributed by atoms with E-state index >= 15 is 4.39 Å². The van der Waals surface area contributed by atoms with Gasteiger partial charge in [-0.2, -0.15) is 4.39 Å². The molecule has 4 amide bonds. The molecule has 14 nitrogen and oxygen atoms in total. The van der Waals surface area contributed by atoms with Crippen LogP contribution in [0.4, 0.5) is 13.2 Å². The molecule has 17 heteroatoms. The van der Waals surface area contributed by atoms with E-state index in [2.05, 4.69) is 16.9 Å². The summed E-state index contributed by atoms with van der Waals surface area (Å²) >= 11 is 0. The lowest BCUT2D eigenvalue weighted by Gasteiger charge is -2.27. The first kappa shape index (κ1) is 40.1. The smallest absolute Gasteiger partial charge is 0.265 e. The molecule has 3 rings (SSSR count). The van der Waals surface area contributed by atoms with Crippen LogP contribution in [0.5, 0.6) is 5.75 Å². The molecule has 0 saturated carbocycles. The number of hydrogen-bond donors (Lipinski definition) is 2. The van der Waals surface area contributed by atoms with Crippen LogP contribution in [0, 0.1) is 17.5 Å². The highest BCUT2D eigenvalue weighted by molar-refractivity contribution is 6.23. The minimum atomic E-state index is -1.81. The number of hydrogen-bond acceptors (Lipinski definition) is 12. The average molecular weight is 713 g/mol. The summed E-state index contributed by atoms with van der Waals surface area (Å²) in [5, 5.41) is 4.97. The Morgan fingerprint density at radius 2 is 1.46 bits per heavy atom. The predicted octanol–water partition coefficient (Wildman–Crippen LogP) is 2.45. The second-order valence-corrected chi connectivity index (χ2v) is 10.9. The van der Waals surface area contributed by atoms with Crippen molar-refractivity contribution in [2.75, 3.05) is 72.6 Å². The van der Waals surface area contributed by atoms with Gasteiger partial charge in [0.25, 0.3) is 11.8 Å². The Morgan fingerprint density at radius 1 is 0.900 bits per heavy atom. The second kappa shape index (κ2) is 21.0. The lowest BCUT2D eigenvalue weighted by Crippen LogP contribution is -2.54. The standard InChI is InChI=1S/C33H43F3N4O10/c1-4-6-7-24(38-21(3)20-37-5-2)49-18-16-47-14-12-45-10-11-46-13-15-48-17-19-50-30-28(35)26-25(27(34)29(30)36)32(43)40(33(26)44)22-8-9-23(41)39-31(22)42/h5-7,21-22,37H,2,4,8-20H2,1,3H3,(H,39,41,42)/b7-6-,38-24+. The number of imide groups is 2. The summed E-state index contributed by atoms with van der Waals surface area (Å²) in [5.41, 5.74) is -2.20. The van der Waals surface area contributed by atoms with Gasteiger partial charge < -0.3 is 33.7 Å². The molecule has 2 atom stereocenters. The van der Waals surface area contributed by atoms with Crippen molar-refractivity contribution in [3.8, 4) is 5.75 Å². The van der Waals surface area contributed by atoms with Crippen LogP contribution in [0.1, 0.15) is 53.8 Å². The van der Waals surface area contributed by atoms with Gasteiger partial charge in [-0.1, -0.05) is 19.6 Å². The van der Waals surface area contributed by atoms with Crippen LogP contribution in [0.3, 0.4) is 0 Å². The Morgan fingerprint density at radius 3 is 2.02 bits per heavy atom. The van der Waals surface area contributed by atoms with Gasteiger partial charge in [0, 0.05) is 13.0 Å². The minimum Gasteiger partial charge on any atom is -0.485 e. The predicted molar refractivity (Wildman–Crippen MR) is 172 cm³/mol. The highest BCUT2D eigenvalue weighted by Crippen LogP contribution is 2.37. The maximum absolute atomic E-state index is 15.2. The van der Waals surface area contributed by atoms with E-state index in [0.717, 1.165) is 6.42 Å². The lowest BCUT2D eigenvalue weighted by molar-refractivity contribution is -0.136. The van der Waals surface area contributed by atoms with Gasteiger partial charge in [0.05, 0.1) is 70.0 Å². The molecule has 1 fully saturated rings. The molecule has 276 valence electrons. The fourth-order valence-electron chi connectivity index (χ4n) is 4.75. The normalized spacial score (nSPS) is 16.9. The van der Waals surface area contributed by atoms with Gasteiger partial charge in [-0.3, -0.25) is 29.4 Å². The average Bonchev–Trinajstić information content (AvgIpc) is 3.35. The minimum absolute atomic E-state index is 0.0137. The first-order chi connectivity index (χ1) is 24.1. The van der Waals surface area contributed by atoms with E-state index in [1.54, 1.807) is 6.20 Å². The molecule has 1 aromatic rings. The van der Waals surface area contributed by atoms with E-state index in [9.17, 15) is 28.0 Å². The van der Waals surface area contributed by atoms with E-state index in [-0.39, 0.29) is 45.3 Å². The third-order valence-electron chi connectivity index (χ3n) is 7.14. The Labute approximate surface area is 287 Å². The summed E-state index contributed by atoms with van der Waals surface area (Å²) in [6.45, 7) is 9.95. The summed E-state index contributed by atoms with van der Waals surface area (Å²) in [6.07, 6.45) is 5.84. The number of carbonyl (C=O) groups is 4. The molecule has 1 saturated heterocycles. The second-order valence-electron chi connectivity index (χ2n) is 10.9. The molecule has 0 bridgehead atoms. The van der Waals surface area contributed by atoms with Gasteiger partial charge in [0.1, 0.15) is 19.3 Å². The molecule has 2 heterocycles. The largest absolute Gasteiger partial charge is 0.485 e. The van der Waals surface area contributed by atoms with Crippen molar-refractivity contribution >= 4 is 29.5 Å². The Hall–Kier alpha value is -4.32. The summed E-state index contributed by atoms with van der Waals surface area (Å²) < 4.78 is 77.0. The molecule has 0 aromatic heterocycles. The first-order valence-electron chi connectivity index (χ1n) is 16.2. The van der Waals surface area contributed by atoms with E-state index in [0.29, 0.717) is 50.4 Å².